The lowest BCUT2D eigenvalue weighted by Gasteiger charge is -2.22. The summed E-state index contributed by atoms with van der Waals surface area (Å²) in [6.45, 7) is 4.97. The van der Waals surface area contributed by atoms with Gasteiger partial charge in [-0.25, -0.2) is 0 Å². The monoisotopic (exact) mass is 1170 g/mol. The molecule has 0 saturated heterocycles. The molecular formula is C77H149NO5. The highest BCUT2D eigenvalue weighted by Crippen LogP contribution is 2.20. The highest BCUT2D eigenvalue weighted by atomic mass is 16.5. The Morgan fingerprint density at radius 3 is 0.940 bits per heavy atom. The summed E-state index contributed by atoms with van der Waals surface area (Å²) in [5.41, 5.74) is 0. The maximum Gasteiger partial charge on any atom is 0.305 e. The molecule has 2 unspecified atom stereocenters. The van der Waals surface area contributed by atoms with E-state index in [0.29, 0.717) is 25.9 Å². The molecule has 0 aromatic heterocycles. The van der Waals surface area contributed by atoms with Crippen molar-refractivity contribution in [3.05, 3.63) is 24.3 Å². The summed E-state index contributed by atoms with van der Waals surface area (Å²) in [5, 5.41) is 23.5. The number of amides is 1. The Morgan fingerprint density at radius 2 is 0.602 bits per heavy atom. The van der Waals surface area contributed by atoms with Crippen molar-refractivity contribution >= 4 is 11.9 Å². The normalized spacial score (nSPS) is 12.6. The van der Waals surface area contributed by atoms with Crippen molar-refractivity contribution in [2.24, 2.45) is 0 Å². The highest BCUT2D eigenvalue weighted by Gasteiger charge is 2.20. The molecule has 0 aliphatic rings. The van der Waals surface area contributed by atoms with E-state index in [-0.39, 0.29) is 18.5 Å². The molecule has 0 saturated carbocycles. The van der Waals surface area contributed by atoms with Gasteiger partial charge in [-0.2, -0.15) is 0 Å². The van der Waals surface area contributed by atoms with Crippen LogP contribution in [0.2, 0.25) is 0 Å². The Balaban J connectivity index is 3.36. The minimum Gasteiger partial charge on any atom is -0.466 e. The number of unbranched alkanes of at least 4 members (excludes halogenated alkanes) is 57. The summed E-state index contributed by atoms with van der Waals surface area (Å²) < 4.78 is 5.50. The second-order valence-electron chi connectivity index (χ2n) is 26.3. The summed E-state index contributed by atoms with van der Waals surface area (Å²) in [4.78, 5) is 24.7. The van der Waals surface area contributed by atoms with E-state index in [1.165, 1.54) is 347 Å². The van der Waals surface area contributed by atoms with Crippen molar-refractivity contribution in [2.45, 2.75) is 443 Å². The first kappa shape index (κ1) is 81.3. The fourth-order valence-electron chi connectivity index (χ4n) is 12.2. The van der Waals surface area contributed by atoms with Gasteiger partial charge in [0, 0.05) is 12.8 Å². The quantitative estimate of drug-likeness (QED) is 0.0320. The number of esters is 1. The van der Waals surface area contributed by atoms with Crippen LogP contribution in [0.3, 0.4) is 0 Å². The number of ether oxygens (including phenoxy) is 1. The summed E-state index contributed by atoms with van der Waals surface area (Å²) in [5.74, 6) is -0.0194. The average molecular weight is 1170 g/mol. The van der Waals surface area contributed by atoms with Crippen LogP contribution in [-0.2, 0) is 14.3 Å². The van der Waals surface area contributed by atoms with E-state index in [2.05, 4.69) is 43.5 Å². The van der Waals surface area contributed by atoms with Crippen LogP contribution in [-0.4, -0.2) is 47.4 Å². The molecule has 0 aromatic rings. The molecule has 0 aliphatic heterocycles. The van der Waals surface area contributed by atoms with Crippen molar-refractivity contribution in [3.63, 3.8) is 0 Å². The lowest BCUT2D eigenvalue weighted by Crippen LogP contribution is -2.45. The number of carbonyl (C=O) groups is 2. The van der Waals surface area contributed by atoms with Gasteiger partial charge in [-0.15, -0.1) is 0 Å². The Bertz CT molecular complexity index is 1300. The van der Waals surface area contributed by atoms with Crippen LogP contribution >= 0.6 is 0 Å². The topological polar surface area (TPSA) is 95.9 Å². The second-order valence-corrected chi connectivity index (χ2v) is 26.3. The van der Waals surface area contributed by atoms with Crippen molar-refractivity contribution in [2.75, 3.05) is 13.2 Å². The standard InChI is InChI=1S/C77H149NO5/c1-3-5-7-9-11-13-15-17-19-21-22-23-24-25-28-31-34-38-41-45-49-53-57-61-65-69-75(80)74(73-79)78-76(81)70-66-62-58-54-50-46-42-39-35-32-29-26-27-30-33-36-40-44-48-52-56-60-64-68-72-83-77(82)71-67-63-59-55-51-47-43-37-20-18-16-14-12-10-8-6-4-2/h12,14,18,20,74-75,79-80H,3-11,13,15-17,19,21-73H2,1-2H3,(H,78,81)/b14-12-,20-18-. The van der Waals surface area contributed by atoms with Crippen LogP contribution in [0.25, 0.3) is 0 Å². The Morgan fingerprint density at radius 1 is 0.337 bits per heavy atom. The SMILES string of the molecule is CCCCC/C=C\C/C=C\CCCCCCCCCC(=O)OCCCCCCCCCCCCCCCCCCCCCCCCCCC(=O)NC(CO)C(O)CCCCCCCCCCCCCCCCCCCCCCCCCCC. The molecule has 0 fully saturated rings. The summed E-state index contributed by atoms with van der Waals surface area (Å²) in [6, 6.07) is -0.542. The van der Waals surface area contributed by atoms with Crippen LogP contribution in [0.4, 0.5) is 0 Å². The predicted molar refractivity (Wildman–Crippen MR) is 366 cm³/mol. The summed E-state index contributed by atoms with van der Waals surface area (Å²) >= 11 is 0. The molecule has 6 heteroatoms. The maximum atomic E-state index is 12.6. The predicted octanol–water partition coefficient (Wildman–Crippen LogP) is 24.9. The summed E-state index contributed by atoms with van der Waals surface area (Å²) in [6.07, 6.45) is 92.4. The van der Waals surface area contributed by atoms with E-state index in [1.807, 2.05) is 0 Å². The number of aliphatic hydroxyl groups excluding tert-OH is 2. The Hall–Kier alpha value is -1.66. The molecule has 0 spiro atoms. The van der Waals surface area contributed by atoms with Crippen molar-refractivity contribution in [3.8, 4) is 0 Å². The minimum absolute atomic E-state index is 0.00892. The molecule has 492 valence electrons. The van der Waals surface area contributed by atoms with Gasteiger partial charge in [0.1, 0.15) is 0 Å². The van der Waals surface area contributed by atoms with E-state index < -0.39 is 12.1 Å². The number of hydrogen-bond donors (Lipinski definition) is 3. The number of carbonyl (C=O) groups excluding carboxylic acids is 2. The van der Waals surface area contributed by atoms with E-state index in [0.717, 1.165) is 51.4 Å². The first-order valence-corrected chi connectivity index (χ1v) is 38.1. The van der Waals surface area contributed by atoms with E-state index in [1.54, 1.807) is 0 Å². The number of rotatable bonds is 72. The highest BCUT2D eigenvalue weighted by molar-refractivity contribution is 5.76. The van der Waals surface area contributed by atoms with Gasteiger partial charge < -0.3 is 20.3 Å². The molecule has 1 amide bonds. The second kappa shape index (κ2) is 72.8. The number of nitrogens with one attached hydrogen (secondary N) is 1. The first-order chi connectivity index (χ1) is 41.0. The largest absolute Gasteiger partial charge is 0.466 e. The van der Waals surface area contributed by atoms with Gasteiger partial charge in [-0.05, 0) is 57.8 Å². The minimum atomic E-state index is -0.665. The van der Waals surface area contributed by atoms with Gasteiger partial charge in [-0.3, -0.25) is 9.59 Å². The molecule has 2 atom stereocenters. The molecule has 0 radical (unpaired) electrons. The van der Waals surface area contributed by atoms with Crippen LogP contribution in [0.1, 0.15) is 431 Å². The summed E-state index contributed by atoms with van der Waals surface area (Å²) in [7, 11) is 0. The van der Waals surface area contributed by atoms with Crippen molar-refractivity contribution in [1.82, 2.24) is 5.32 Å². The third-order valence-electron chi connectivity index (χ3n) is 18.0. The molecule has 0 bridgehead atoms. The third-order valence-corrected chi connectivity index (χ3v) is 18.0. The van der Waals surface area contributed by atoms with Crippen molar-refractivity contribution < 1.29 is 24.5 Å². The molecule has 6 nitrogen and oxygen atoms in total. The van der Waals surface area contributed by atoms with Gasteiger partial charge in [0.05, 0.1) is 25.4 Å². The van der Waals surface area contributed by atoms with E-state index >= 15 is 0 Å². The molecule has 83 heavy (non-hydrogen) atoms. The van der Waals surface area contributed by atoms with Gasteiger partial charge in [0.15, 0.2) is 0 Å². The molecule has 0 aromatic carbocycles. The van der Waals surface area contributed by atoms with Crippen LogP contribution in [0.15, 0.2) is 24.3 Å². The molecule has 0 aliphatic carbocycles. The van der Waals surface area contributed by atoms with Gasteiger partial charge in [-0.1, -0.05) is 385 Å². The number of allylic oxidation sites excluding steroid dienone is 4. The Labute approximate surface area is 520 Å². The van der Waals surface area contributed by atoms with E-state index in [9.17, 15) is 19.8 Å². The zero-order valence-corrected chi connectivity index (χ0v) is 56.5. The first-order valence-electron chi connectivity index (χ1n) is 38.1. The lowest BCUT2D eigenvalue weighted by atomic mass is 10.0. The molecular weight excluding hydrogens is 1020 g/mol. The zero-order valence-electron chi connectivity index (χ0n) is 56.5. The van der Waals surface area contributed by atoms with Gasteiger partial charge >= 0.3 is 5.97 Å². The fourth-order valence-corrected chi connectivity index (χ4v) is 12.2. The van der Waals surface area contributed by atoms with Gasteiger partial charge in [0.2, 0.25) is 5.91 Å². The molecule has 3 N–H and O–H groups in total. The van der Waals surface area contributed by atoms with Gasteiger partial charge in [0.25, 0.3) is 0 Å². The number of aliphatic hydroxyl groups is 2. The maximum absolute atomic E-state index is 12.6. The van der Waals surface area contributed by atoms with Crippen LogP contribution < -0.4 is 5.32 Å². The average Bonchev–Trinajstić information content (AvgIpc) is 3.49. The third kappa shape index (κ3) is 69.3. The molecule has 0 heterocycles. The van der Waals surface area contributed by atoms with Crippen LogP contribution in [0, 0.1) is 0 Å². The van der Waals surface area contributed by atoms with Crippen molar-refractivity contribution in [1.29, 1.82) is 0 Å². The zero-order chi connectivity index (χ0) is 59.9. The molecule has 0 rings (SSSR count). The Kier molecular flexibility index (Phi) is 71.4. The number of hydrogen-bond acceptors (Lipinski definition) is 5. The fraction of sp³-hybridized carbons (Fsp3) is 0.922. The van der Waals surface area contributed by atoms with Crippen LogP contribution in [0.5, 0.6) is 0 Å². The lowest BCUT2D eigenvalue weighted by molar-refractivity contribution is -0.143. The van der Waals surface area contributed by atoms with E-state index in [4.69, 9.17) is 4.74 Å². The smallest absolute Gasteiger partial charge is 0.305 e.